The first kappa shape index (κ1) is 18.2. The predicted octanol–water partition coefficient (Wildman–Crippen LogP) is 4.98. The van der Waals surface area contributed by atoms with Crippen LogP contribution in [0.25, 0.3) is 0 Å². The molecule has 2 aromatic rings. The molecule has 8 heteroatoms. The van der Waals surface area contributed by atoms with Crippen LogP contribution in [0, 0.1) is 11.3 Å². The van der Waals surface area contributed by atoms with E-state index in [1.807, 2.05) is 13.0 Å². The third-order valence-electron chi connectivity index (χ3n) is 2.98. The number of hydrogen-bond acceptors (Lipinski definition) is 4. The van der Waals surface area contributed by atoms with Gasteiger partial charge in [0.05, 0.1) is 6.61 Å². The summed E-state index contributed by atoms with van der Waals surface area (Å²) in [4.78, 5) is 4.06. The summed E-state index contributed by atoms with van der Waals surface area (Å²) in [5.74, 6) is 0.372. The largest absolute Gasteiger partial charge is 0.483 e. The molecule has 1 heterocycles. The van der Waals surface area contributed by atoms with Gasteiger partial charge in [0, 0.05) is 26.2 Å². The molecule has 120 valence electrons. The zero-order valence-corrected chi connectivity index (χ0v) is 17.0. The van der Waals surface area contributed by atoms with Gasteiger partial charge in [0.15, 0.2) is 12.2 Å². The van der Waals surface area contributed by atoms with E-state index in [9.17, 15) is 0 Å². The molecule has 0 N–H and O–H groups in total. The van der Waals surface area contributed by atoms with Crippen LogP contribution in [0.4, 0.5) is 5.82 Å². The van der Waals surface area contributed by atoms with Crippen molar-refractivity contribution in [3.63, 3.8) is 0 Å². The lowest BCUT2D eigenvalue weighted by molar-refractivity contribution is 0.344. The van der Waals surface area contributed by atoms with Crippen molar-refractivity contribution in [3.8, 4) is 6.07 Å². The van der Waals surface area contributed by atoms with Gasteiger partial charge in [-0.1, -0.05) is 15.9 Å². The Balaban J connectivity index is 2.12. The maximum absolute atomic E-state index is 9.15. The van der Waals surface area contributed by atoms with Crippen LogP contribution in [-0.4, -0.2) is 22.8 Å². The highest BCUT2D eigenvalue weighted by Crippen LogP contribution is 2.30. The molecule has 23 heavy (non-hydrogen) atoms. The highest BCUT2D eigenvalue weighted by molar-refractivity contribution is 9.13. The van der Waals surface area contributed by atoms with Gasteiger partial charge in [-0.2, -0.15) is 15.4 Å². The fourth-order valence-electron chi connectivity index (χ4n) is 1.85. The first-order chi connectivity index (χ1) is 11.0. The first-order valence-electron chi connectivity index (χ1n) is 6.80. The zero-order valence-electron chi connectivity index (χ0n) is 12.3. The lowest BCUT2D eigenvalue weighted by atomic mass is 10.1. The van der Waals surface area contributed by atoms with Crippen molar-refractivity contribution in [2.75, 3.05) is 6.61 Å². The second-order valence-corrected chi connectivity index (χ2v) is 7.10. The predicted molar refractivity (Wildman–Crippen MR) is 100.0 cm³/mol. The van der Waals surface area contributed by atoms with Gasteiger partial charge < -0.3 is 4.74 Å². The number of rotatable bonds is 6. The maximum Gasteiger partial charge on any atom is 0.194 e. The zero-order chi connectivity index (χ0) is 16.8. The molecule has 1 aromatic heterocycles. The molecule has 0 spiro atoms. The molecule has 0 aliphatic carbocycles. The Morgan fingerprint density at radius 2 is 2.04 bits per heavy atom. The fraction of sp³-hybridized carbons (Fsp3) is 0.267. The molecule has 0 saturated carbocycles. The van der Waals surface area contributed by atoms with Gasteiger partial charge >= 0.3 is 0 Å². The van der Waals surface area contributed by atoms with E-state index in [1.165, 1.54) is 6.40 Å². The molecule has 2 rings (SSSR count). The number of ether oxygens (including phenoxy) is 1. The Kier molecular flexibility index (Phi) is 6.81. The number of benzene rings is 1. The molecule has 5 nitrogen and oxygen atoms in total. The number of aliphatic imine (C=N–C) groups is 1. The molecule has 0 bridgehead atoms. The average molecular weight is 505 g/mol. The highest BCUT2D eigenvalue weighted by atomic mass is 79.9. The van der Waals surface area contributed by atoms with Crippen molar-refractivity contribution in [1.29, 1.82) is 5.26 Å². The summed E-state index contributed by atoms with van der Waals surface area (Å²) in [6.45, 7) is 3.04. The van der Waals surface area contributed by atoms with Gasteiger partial charge in [0.25, 0.3) is 0 Å². The second-order valence-electron chi connectivity index (χ2n) is 4.54. The van der Waals surface area contributed by atoms with Crippen molar-refractivity contribution in [1.82, 2.24) is 9.78 Å². The van der Waals surface area contributed by atoms with E-state index in [2.05, 4.69) is 70.0 Å². The first-order valence-corrected chi connectivity index (χ1v) is 9.18. The van der Waals surface area contributed by atoms with Gasteiger partial charge in [0.2, 0.25) is 0 Å². The van der Waals surface area contributed by atoms with Crippen LogP contribution in [0.2, 0.25) is 0 Å². The van der Waals surface area contributed by atoms with Crippen molar-refractivity contribution in [2.45, 2.75) is 19.9 Å². The summed E-state index contributed by atoms with van der Waals surface area (Å²) < 4.78 is 9.78. The summed E-state index contributed by atoms with van der Waals surface area (Å²) >= 11 is 10.5. The molecule has 0 radical (unpaired) electrons. The summed E-state index contributed by atoms with van der Waals surface area (Å²) in [7, 11) is 0. The maximum atomic E-state index is 9.15. The molecule has 0 aliphatic rings. The number of hydrogen-bond donors (Lipinski definition) is 0. The van der Waals surface area contributed by atoms with Crippen molar-refractivity contribution < 1.29 is 4.74 Å². The second kappa shape index (κ2) is 8.62. The van der Waals surface area contributed by atoms with Gasteiger partial charge in [0.1, 0.15) is 11.6 Å². The topological polar surface area (TPSA) is 63.2 Å². The van der Waals surface area contributed by atoms with Crippen LogP contribution >= 0.6 is 47.8 Å². The number of nitrogens with zero attached hydrogens (tertiary/aromatic N) is 4. The van der Waals surface area contributed by atoms with Crippen molar-refractivity contribution >= 4 is 60.0 Å². The van der Waals surface area contributed by atoms with E-state index in [1.54, 1.807) is 10.9 Å². The van der Waals surface area contributed by atoms with Crippen LogP contribution in [-0.2, 0) is 17.7 Å². The Morgan fingerprint density at radius 1 is 1.30 bits per heavy atom. The quantitative estimate of drug-likeness (QED) is 0.316. The van der Waals surface area contributed by atoms with Crippen LogP contribution in [0.1, 0.15) is 18.1 Å². The van der Waals surface area contributed by atoms with E-state index < -0.39 is 0 Å². The minimum Gasteiger partial charge on any atom is -0.483 e. The Bertz CT molecular complexity index is 765. The van der Waals surface area contributed by atoms with Gasteiger partial charge in [-0.25, -0.2) is 0 Å². The summed E-state index contributed by atoms with van der Waals surface area (Å²) in [5.41, 5.74) is 1.57. The Morgan fingerprint density at radius 3 is 2.74 bits per heavy atom. The third kappa shape index (κ3) is 4.90. The molecule has 0 saturated heterocycles. The SMILES string of the molecule is CCOC=Nc1nn(CCc2cc(Br)c(Br)cc2Br)cc1C#N. The standard InChI is InChI=1S/C15H13Br3N4O/c1-2-23-9-20-15-11(7-19)8-22(21-15)4-3-10-5-13(17)14(18)6-12(10)16/h5-6,8-9H,2-4H2,1H3. The normalized spacial score (nSPS) is 10.9. The van der Waals surface area contributed by atoms with E-state index in [0.29, 0.717) is 24.5 Å². The lowest BCUT2D eigenvalue weighted by Crippen LogP contribution is -2.02. The monoisotopic (exact) mass is 502 g/mol. The van der Waals surface area contributed by atoms with Gasteiger partial charge in [-0.15, -0.1) is 0 Å². The van der Waals surface area contributed by atoms with Crippen LogP contribution in [0.5, 0.6) is 0 Å². The Hall–Kier alpha value is -1.17. The number of aromatic nitrogens is 2. The lowest BCUT2D eigenvalue weighted by Gasteiger charge is -2.07. The Labute approximate surface area is 159 Å². The third-order valence-corrected chi connectivity index (χ3v) is 5.56. The fourth-order valence-corrected chi connectivity index (χ4v) is 3.43. The van der Waals surface area contributed by atoms with Crippen molar-refractivity contribution in [3.05, 3.63) is 42.9 Å². The molecule has 0 amide bonds. The van der Waals surface area contributed by atoms with E-state index in [4.69, 9.17) is 10.00 Å². The van der Waals surface area contributed by atoms with Crippen LogP contribution < -0.4 is 0 Å². The minimum absolute atomic E-state index is 0.372. The summed E-state index contributed by atoms with van der Waals surface area (Å²) in [6.07, 6.45) is 3.78. The highest BCUT2D eigenvalue weighted by Gasteiger charge is 2.09. The van der Waals surface area contributed by atoms with E-state index in [0.717, 1.165) is 25.4 Å². The molecule has 0 unspecified atom stereocenters. The summed E-state index contributed by atoms with van der Waals surface area (Å²) in [5, 5.41) is 13.5. The smallest absolute Gasteiger partial charge is 0.194 e. The van der Waals surface area contributed by atoms with Crippen LogP contribution in [0.15, 0.2) is 36.7 Å². The molecule has 0 atom stereocenters. The van der Waals surface area contributed by atoms with Gasteiger partial charge in [-0.05, 0) is 62.9 Å². The van der Waals surface area contributed by atoms with E-state index >= 15 is 0 Å². The number of nitriles is 1. The van der Waals surface area contributed by atoms with E-state index in [-0.39, 0.29) is 0 Å². The molecular weight excluding hydrogens is 492 g/mol. The summed E-state index contributed by atoms with van der Waals surface area (Å²) in [6, 6.07) is 6.15. The number of aryl methyl sites for hydroxylation is 2. The van der Waals surface area contributed by atoms with Gasteiger partial charge in [-0.3, -0.25) is 4.68 Å². The average Bonchev–Trinajstić information content (AvgIpc) is 2.92. The molecular formula is C15H13Br3N4O. The molecule has 1 aromatic carbocycles. The van der Waals surface area contributed by atoms with Crippen molar-refractivity contribution in [2.24, 2.45) is 4.99 Å². The molecule has 0 aliphatic heterocycles. The molecule has 0 fully saturated rings. The minimum atomic E-state index is 0.372. The van der Waals surface area contributed by atoms with Crippen LogP contribution in [0.3, 0.4) is 0 Å². The number of halogens is 3.